The van der Waals surface area contributed by atoms with Crippen LogP contribution < -0.4 is 10.1 Å². The normalized spacial score (nSPS) is 21.7. The number of nitrogens with zero attached hydrogens (tertiary/aromatic N) is 1. The van der Waals surface area contributed by atoms with Crippen molar-refractivity contribution in [3.63, 3.8) is 0 Å². The van der Waals surface area contributed by atoms with E-state index in [1.807, 2.05) is 24.3 Å². The molecule has 2 aliphatic rings. The molecular weight excluding hydrogens is 453 g/mol. The van der Waals surface area contributed by atoms with Crippen molar-refractivity contribution in [3.8, 4) is 5.75 Å². The predicted octanol–water partition coefficient (Wildman–Crippen LogP) is 3.68. The molecule has 2 bridgehead atoms. The molecule has 1 amide bonds. The largest absolute Gasteiger partial charge is 0.488 e. The van der Waals surface area contributed by atoms with Crippen LogP contribution in [-0.4, -0.2) is 52.9 Å². The number of carbonyl (C=O) groups is 2. The van der Waals surface area contributed by atoms with E-state index in [1.54, 1.807) is 6.08 Å². The number of aryl methyl sites for hydroxylation is 1. The van der Waals surface area contributed by atoms with Gasteiger partial charge in [-0.2, -0.15) is 4.39 Å². The second-order valence-corrected chi connectivity index (χ2v) is 8.43. The SMILES string of the molecule is O=C(O)C1=CCC2(c3ccc(CCCOc4c(F)ccc(F)c4F)cc3)CN(C(=O)O)CC1N2. The van der Waals surface area contributed by atoms with E-state index in [0.717, 1.165) is 17.2 Å². The lowest BCUT2D eigenvalue weighted by molar-refractivity contribution is -0.133. The van der Waals surface area contributed by atoms with E-state index in [9.17, 15) is 33.0 Å². The van der Waals surface area contributed by atoms with Crippen LogP contribution in [0.4, 0.5) is 18.0 Å². The highest BCUT2D eigenvalue weighted by Crippen LogP contribution is 2.36. The molecule has 0 spiro atoms. The number of hydrogen-bond donors (Lipinski definition) is 3. The van der Waals surface area contributed by atoms with Crippen molar-refractivity contribution < 1.29 is 37.7 Å². The zero-order valence-electron chi connectivity index (χ0n) is 18.1. The van der Waals surface area contributed by atoms with Gasteiger partial charge in [-0.05, 0) is 42.5 Å². The molecule has 0 radical (unpaired) electrons. The van der Waals surface area contributed by atoms with Crippen molar-refractivity contribution in [1.29, 1.82) is 0 Å². The third-order valence-electron chi connectivity index (χ3n) is 6.24. The summed E-state index contributed by atoms with van der Waals surface area (Å²) in [7, 11) is 0. The maximum atomic E-state index is 13.7. The number of fused-ring (bicyclic) bond motifs is 2. The number of benzene rings is 2. The molecule has 34 heavy (non-hydrogen) atoms. The minimum Gasteiger partial charge on any atom is -0.488 e. The van der Waals surface area contributed by atoms with Crippen LogP contribution in [0.25, 0.3) is 0 Å². The Morgan fingerprint density at radius 3 is 2.47 bits per heavy atom. The summed E-state index contributed by atoms with van der Waals surface area (Å²) >= 11 is 0. The molecule has 2 aromatic rings. The third kappa shape index (κ3) is 4.58. The summed E-state index contributed by atoms with van der Waals surface area (Å²) in [5, 5.41) is 22.3. The highest BCUT2D eigenvalue weighted by molar-refractivity contribution is 5.88. The third-order valence-corrected chi connectivity index (χ3v) is 6.24. The van der Waals surface area contributed by atoms with E-state index in [0.29, 0.717) is 25.3 Å². The van der Waals surface area contributed by atoms with Crippen LogP contribution in [0.15, 0.2) is 48.0 Å². The maximum Gasteiger partial charge on any atom is 0.407 e. The molecule has 3 N–H and O–H groups in total. The first kappa shape index (κ1) is 23.6. The molecule has 7 nitrogen and oxygen atoms in total. The van der Waals surface area contributed by atoms with Gasteiger partial charge in [-0.3, -0.25) is 5.32 Å². The number of carboxylic acids is 1. The highest BCUT2D eigenvalue weighted by atomic mass is 19.2. The molecule has 4 rings (SSSR count). The van der Waals surface area contributed by atoms with Crippen molar-refractivity contribution >= 4 is 12.1 Å². The standard InChI is InChI=1S/C24H23F3N2O5/c25-17-7-8-18(26)21(20(17)27)34-11-1-2-14-3-5-15(6-4-14)24-10-9-16(22(30)31)19(28-24)12-29(13-24)23(32)33/h3-9,19,28H,1-2,10-13H2,(H,30,31)(H,32,33). The number of halogens is 3. The molecule has 2 aliphatic heterocycles. The summed E-state index contributed by atoms with van der Waals surface area (Å²) < 4.78 is 45.6. The van der Waals surface area contributed by atoms with Gasteiger partial charge >= 0.3 is 12.1 Å². The lowest BCUT2D eigenvalue weighted by Crippen LogP contribution is -2.66. The predicted molar refractivity (Wildman–Crippen MR) is 115 cm³/mol. The van der Waals surface area contributed by atoms with Gasteiger partial charge in [-0.25, -0.2) is 18.4 Å². The first-order valence-electron chi connectivity index (χ1n) is 10.7. The summed E-state index contributed by atoms with van der Waals surface area (Å²) in [5.41, 5.74) is 1.16. The number of hydrogen-bond acceptors (Lipinski definition) is 4. The second-order valence-electron chi connectivity index (χ2n) is 8.43. The van der Waals surface area contributed by atoms with E-state index >= 15 is 0 Å². The van der Waals surface area contributed by atoms with Gasteiger partial charge in [0.1, 0.15) is 0 Å². The lowest BCUT2D eigenvalue weighted by Gasteiger charge is -2.49. The van der Waals surface area contributed by atoms with Crippen molar-refractivity contribution in [2.24, 2.45) is 0 Å². The quantitative estimate of drug-likeness (QED) is 0.417. The summed E-state index contributed by atoms with van der Waals surface area (Å²) in [5.74, 6) is -5.32. The van der Waals surface area contributed by atoms with Gasteiger partial charge in [-0.15, -0.1) is 0 Å². The van der Waals surface area contributed by atoms with Crippen LogP contribution in [0.1, 0.15) is 24.0 Å². The van der Waals surface area contributed by atoms with Crippen molar-refractivity contribution in [1.82, 2.24) is 10.2 Å². The molecule has 2 unspecified atom stereocenters. The molecule has 1 saturated heterocycles. The number of piperazine rings is 1. The zero-order valence-corrected chi connectivity index (χ0v) is 18.1. The molecule has 10 heteroatoms. The maximum absolute atomic E-state index is 13.7. The number of amides is 1. The molecule has 0 aliphatic carbocycles. The Hall–Kier alpha value is -3.53. The molecule has 180 valence electrons. The Bertz CT molecular complexity index is 1140. The van der Waals surface area contributed by atoms with Crippen LogP contribution in [0.3, 0.4) is 0 Å². The Labute approximate surface area is 193 Å². The molecular formula is C24H23F3N2O5. The number of ether oxygens (including phenoxy) is 1. The molecule has 0 saturated carbocycles. The zero-order chi connectivity index (χ0) is 24.5. The van der Waals surface area contributed by atoms with Crippen LogP contribution in [0, 0.1) is 17.5 Å². The van der Waals surface area contributed by atoms with Crippen molar-refractivity contribution in [2.45, 2.75) is 30.8 Å². The topological polar surface area (TPSA) is 99.1 Å². The number of aliphatic carboxylic acids is 1. The van der Waals surface area contributed by atoms with Gasteiger partial charge in [0.05, 0.1) is 23.8 Å². The summed E-state index contributed by atoms with van der Waals surface area (Å²) in [6.45, 7) is 0.225. The summed E-state index contributed by atoms with van der Waals surface area (Å²) in [6, 6.07) is 8.33. The van der Waals surface area contributed by atoms with E-state index < -0.39 is 46.8 Å². The molecule has 2 aromatic carbocycles. The highest BCUT2D eigenvalue weighted by Gasteiger charge is 2.46. The fraction of sp³-hybridized carbons (Fsp3) is 0.333. The number of rotatable bonds is 7. The van der Waals surface area contributed by atoms with Gasteiger partial charge < -0.3 is 19.8 Å². The summed E-state index contributed by atoms with van der Waals surface area (Å²) in [6.07, 6.45) is 1.83. The van der Waals surface area contributed by atoms with E-state index in [4.69, 9.17) is 4.74 Å². The second kappa shape index (κ2) is 9.38. The Balaban J connectivity index is 1.42. The molecule has 2 atom stereocenters. The van der Waals surface area contributed by atoms with E-state index in [2.05, 4.69) is 5.32 Å². The van der Waals surface area contributed by atoms with Crippen LogP contribution in [-0.2, 0) is 16.8 Å². The van der Waals surface area contributed by atoms with Gasteiger partial charge in [0, 0.05) is 13.1 Å². The van der Waals surface area contributed by atoms with E-state index in [-0.39, 0.29) is 25.3 Å². The lowest BCUT2D eigenvalue weighted by atomic mass is 9.78. The average molecular weight is 476 g/mol. The summed E-state index contributed by atoms with van der Waals surface area (Å²) in [4.78, 5) is 24.4. The Morgan fingerprint density at radius 1 is 1.09 bits per heavy atom. The average Bonchev–Trinajstić information content (AvgIpc) is 2.81. The minimum absolute atomic E-state index is 0.0114. The Kier molecular flexibility index (Phi) is 6.52. The molecule has 0 aromatic heterocycles. The smallest absolute Gasteiger partial charge is 0.407 e. The van der Waals surface area contributed by atoms with Crippen LogP contribution in [0.5, 0.6) is 5.75 Å². The fourth-order valence-electron chi connectivity index (χ4n) is 4.52. The first-order chi connectivity index (χ1) is 16.2. The van der Waals surface area contributed by atoms with Gasteiger partial charge in [-0.1, -0.05) is 30.3 Å². The molecule has 1 fully saturated rings. The molecule has 2 heterocycles. The number of nitrogens with one attached hydrogen (secondary N) is 1. The van der Waals surface area contributed by atoms with E-state index in [1.165, 1.54) is 4.90 Å². The van der Waals surface area contributed by atoms with Gasteiger partial charge in [0.25, 0.3) is 0 Å². The number of carboxylic acid groups (broad SMARTS) is 2. The van der Waals surface area contributed by atoms with Crippen LogP contribution >= 0.6 is 0 Å². The van der Waals surface area contributed by atoms with Crippen molar-refractivity contribution in [3.05, 3.63) is 76.6 Å². The van der Waals surface area contributed by atoms with Crippen LogP contribution in [0.2, 0.25) is 0 Å². The van der Waals surface area contributed by atoms with Crippen molar-refractivity contribution in [2.75, 3.05) is 19.7 Å². The fourth-order valence-corrected chi connectivity index (χ4v) is 4.52. The first-order valence-corrected chi connectivity index (χ1v) is 10.7. The van der Waals surface area contributed by atoms with Gasteiger partial charge in [0.2, 0.25) is 5.82 Å². The Morgan fingerprint density at radius 2 is 1.79 bits per heavy atom. The van der Waals surface area contributed by atoms with Gasteiger partial charge in [0.15, 0.2) is 17.4 Å². The minimum atomic E-state index is -1.36. The monoisotopic (exact) mass is 476 g/mol.